The molecule has 1 atom stereocenters. The van der Waals surface area contributed by atoms with Crippen molar-refractivity contribution in [3.05, 3.63) is 88.2 Å². The minimum Gasteiger partial charge on any atom is -0.489 e. The van der Waals surface area contributed by atoms with Gasteiger partial charge in [-0.3, -0.25) is 9.29 Å². The quantitative estimate of drug-likeness (QED) is 0.259. The van der Waals surface area contributed by atoms with E-state index in [0.717, 1.165) is 67.9 Å². The van der Waals surface area contributed by atoms with Crippen molar-refractivity contribution in [3.63, 3.8) is 0 Å². The molecule has 1 aliphatic heterocycles. The maximum atomic E-state index is 12.9. The van der Waals surface area contributed by atoms with E-state index in [1.54, 1.807) is 0 Å². The lowest BCUT2D eigenvalue weighted by atomic mass is 9.82. The second kappa shape index (κ2) is 13.1. The number of nitrogens with two attached hydrogens (primary N) is 1. The van der Waals surface area contributed by atoms with Crippen LogP contribution in [0, 0.1) is 0 Å². The number of hydrogen-bond acceptors (Lipinski definition) is 4. The van der Waals surface area contributed by atoms with Crippen molar-refractivity contribution >= 4 is 11.3 Å². The van der Waals surface area contributed by atoms with Crippen molar-refractivity contribution < 1.29 is 27.0 Å². The van der Waals surface area contributed by atoms with Gasteiger partial charge < -0.3 is 15.2 Å². The molecular formula is C33H38F4N2O2. The number of rotatable bonds is 8. The van der Waals surface area contributed by atoms with Gasteiger partial charge in [0.05, 0.1) is 6.67 Å². The first-order valence-corrected chi connectivity index (χ1v) is 14.6. The third-order valence-electron chi connectivity index (χ3n) is 8.15. The molecule has 41 heavy (non-hydrogen) atoms. The average molecular weight is 571 g/mol. The number of ether oxygens (including phenoxy) is 2. The maximum absolute atomic E-state index is 12.9. The fraction of sp³-hybridized carbons (Fsp3) is 0.455. The van der Waals surface area contributed by atoms with E-state index in [1.165, 1.54) is 28.3 Å². The summed E-state index contributed by atoms with van der Waals surface area (Å²) in [6.45, 7) is 2.18. The van der Waals surface area contributed by atoms with Crippen LogP contribution in [0.25, 0.3) is 5.57 Å². The zero-order valence-corrected chi connectivity index (χ0v) is 23.3. The topological polar surface area (TPSA) is 47.7 Å². The van der Waals surface area contributed by atoms with Crippen molar-refractivity contribution in [1.29, 1.82) is 0 Å². The van der Waals surface area contributed by atoms with Crippen LogP contribution in [-0.2, 0) is 17.6 Å². The molecule has 2 N–H and O–H groups in total. The molecule has 5 rings (SSSR count). The lowest BCUT2D eigenvalue weighted by Crippen LogP contribution is -2.26. The molecule has 1 saturated heterocycles. The summed E-state index contributed by atoms with van der Waals surface area (Å²) in [5.74, 6) is 0.760. The molecule has 0 spiro atoms. The third-order valence-corrected chi connectivity index (χ3v) is 8.15. The fourth-order valence-corrected chi connectivity index (χ4v) is 6.19. The van der Waals surface area contributed by atoms with E-state index < -0.39 is 6.36 Å². The number of aryl methyl sites for hydroxylation is 1. The number of allylic oxidation sites excluding steroid dienone is 6. The first-order valence-electron chi connectivity index (χ1n) is 14.6. The predicted octanol–water partition coefficient (Wildman–Crippen LogP) is 7.94. The van der Waals surface area contributed by atoms with E-state index in [-0.39, 0.29) is 25.0 Å². The minimum atomic E-state index is -4.69. The van der Waals surface area contributed by atoms with Gasteiger partial charge in [-0.25, -0.2) is 0 Å². The van der Waals surface area contributed by atoms with E-state index in [2.05, 4.69) is 33.9 Å². The summed E-state index contributed by atoms with van der Waals surface area (Å²) in [6, 6.07) is 14.3. The van der Waals surface area contributed by atoms with Crippen LogP contribution in [-0.4, -0.2) is 43.7 Å². The minimum absolute atomic E-state index is 0.0435. The molecule has 0 radical (unpaired) electrons. The van der Waals surface area contributed by atoms with E-state index in [0.29, 0.717) is 25.7 Å². The second-order valence-corrected chi connectivity index (χ2v) is 11.1. The summed E-state index contributed by atoms with van der Waals surface area (Å²) in [6.07, 6.45) is 5.08. The largest absolute Gasteiger partial charge is 0.572 e. The Hall–Kier alpha value is -3.26. The highest BCUT2D eigenvalue weighted by atomic mass is 19.4. The van der Waals surface area contributed by atoms with Gasteiger partial charge in [-0.15, -0.1) is 13.2 Å². The normalized spacial score (nSPS) is 22.2. The van der Waals surface area contributed by atoms with Gasteiger partial charge in [-0.05, 0) is 115 Å². The van der Waals surface area contributed by atoms with Crippen LogP contribution in [0.2, 0.25) is 0 Å². The first kappa shape index (κ1) is 29.2. The van der Waals surface area contributed by atoms with E-state index in [9.17, 15) is 17.6 Å². The Balaban J connectivity index is 1.43. The molecule has 0 aromatic heterocycles. The van der Waals surface area contributed by atoms with Crippen molar-refractivity contribution in [2.75, 3.05) is 32.0 Å². The highest BCUT2D eigenvalue weighted by Crippen LogP contribution is 2.38. The van der Waals surface area contributed by atoms with Crippen LogP contribution < -0.4 is 10.5 Å². The first-order chi connectivity index (χ1) is 19.8. The van der Waals surface area contributed by atoms with Crippen molar-refractivity contribution in [3.8, 4) is 5.75 Å². The van der Waals surface area contributed by atoms with Gasteiger partial charge in [0.2, 0.25) is 0 Å². The van der Waals surface area contributed by atoms with Gasteiger partial charge in [-0.1, -0.05) is 24.3 Å². The molecule has 4 nitrogen and oxygen atoms in total. The van der Waals surface area contributed by atoms with Gasteiger partial charge in [0.15, 0.2) is 0 Å². The second-order valence-electron chi connectivity index (χ2n) is 11.1. The Morgan fingerprint density at radius 2 is 1.71 bits per heavy atom. The highest BCUT2D eigenvalue weighted by Gasteiger charge is 2.32. The summed E-state index contributed by atoms with van der Waals surface area (Å²) in [7, 11) is 0. The van der Waals surface area contributed by atoms with Gasteiger partial charge in [0, 0.05) is 31.7 Å². The molecule has 0 amide bonds. The fourth-order valence-electron chi connectivity index (χ4n) is 6.19. The van der Waals surface area contributed by atoms with Gasteiger partial charge >= 0.3 is 6.36 Å². The van der Waals surface area contributed by atoms with Gasteiger partial charge in [-0.2, -0.15) is 0 Å². The Morgan fingerprint density at radius 3 is 2.49 bits per heavy atom. The molecular weight excluding hydrogens is 532 g/mol. The van der Waals surface area contributed by atoms with Crippen molar-refractivity contribution in [1.82, 2.24) is 4.90 Å². The number of nitrogens with zero attached hydrogens (tertiary/aromatic N) is 1. The molecule has 0 bridgehead atoms. The van der Waals surface area contributed by atoms with Crippen LogP contribution >= 0.6 is 0 Å². The van der Waals surface area contributed by atoms with Crippen LogP contribution in [0.3, 0.4) is 0 Å². The van der Waals surface area contributed by atoms with Crippen LogP contribution in [0.5, 0.6) is 5.75 Å². The molecule has 8 heteroatoms. The molecule has 0 saturated carbocycles. The number of fused-ring (bicyclic) bond motifs is 1. The van der Waals surface area contributed by atoms with E-state index in [1.807, 2.05) is 24.3 Å². The lowest BCUT2D eigenvalue weighted by Gasteiger charge is -2.23. The maximum Gasteiger partial charge on any atom is 0.572 e. The zero-order chi connectivity index (χ0) is 28.8. The molecule has 2 aromatic rings. The SMILES string of the molecule is Nc1ccc2c(c1)CCC/C(C1=CC=C(OC(F)(F)F)CCC1)=C(/c1ccc(O[C@H]3CCN(CCCF)C3)cc1)C2. The van der Waals surface area contributed by atoms with Crippen molar-refractivity contribution in [2.24, 2.45) is 0 Å². The Morgan fingerprint density at radius 1 is 0.902 bits per heavy atom. The highest BCUT2D eigenvalue weighted by molar-refractivity contribution is 5.75. The number of benzene rings is 2. The van der Waals surface area contributed by atoms with Crippen LogP contribution in [0.1, 0.15) is 61.6 Å². The molecule has 2 aromatic carbocycles. The van der Waals surface area contributed by atoms with E-state index in [4.69, 9.17) is 10.5 Å². The Labute approximate surface area is 239 Å². The summed E-state index contributed by atoms with van der Waals surface area (Å²) in [4.78, 5) is 2.24. The average Bonchev–Trinajstić information content (AvgIpc) is 3.25. The standard InChI is InChI=1S/C33H38F4N2O2/c34-17-3-18-39-19-16-30(22-39)40-28-13-9-24(10-14-28)32-21-26-8-12-27(38)20-25(26)5-2-7-31(32)23-4-1-6-29(15-11-23)41-33(35,36)37/h8-15,20,30H,1-7,16-19,21-22,38H2/b32-31-/t30-/m0/s1. The molecule has 3 aliphatic rings. The van der Waals surface area contributed by atoms with Gasteiger partial charge in [0.1, 0.15) is 17.6 Å². The molecule has 2 aliphatic carbocycles. The number of nitrogen functional groups attached to an aromatic ring is 1. The summed E-state index contributed by atoms with van der Waals surface area (Å²) in [5.41, 5.74) is 13.8. The number of alkyl halides is 4. The van der Waals surface area contributed by atoms with E-state index >= 15 is 0 Å². The lowest BCUT2D eigenvalue weighted by molar-refractivity contribution is -0.306. The number of halogens is 4. The Kier molecular flexibility index (Phi) is 9.38. The molecule has 220 valence electrons. The predicted molar refractivity (Wildman–Crippen MR) is 154 cm³/mol. The Bertz CT molecular complexity index is 1300. The zero-order valence-electron chi connectivity index (χ0n) is 23.3. The number of anilines is 1. The monoisotopic (exact) mass is 570 g/mol. The number of likely N-dealkylation sites (tertiary alicyclic amines) is 1. The third kappa shape index (κ3) is 7.94. The summed E-state index contributed by atoms with van der Waals surface area (Å²) in [5, 5.41) is 0. The van der Waals surface area contributed by atoms with Crippen LogP contribution in [0.15, 0.2) is 71.5 Å². The van der Waals surface area contributed by atoms with Crippen molar-refractivity contribution in [2.45, 2.75) is 70.3 Å². The van der Waals surface area contributed by atoms with Gasteiger partial charge in [0.25, 0.3) is 0 Å². The molecule has 1 fully saturated rings. The summed E-state index contributed by atoms with van der Waals surface area (Å²) >= 11 is 0. The number of hydrogen-bond donors (Lipinski definition) is 1. The van der Waals surface area contributed by atoms with Crippen LogP contribution in [0.4, 0.5) is 23.2 Å². The summed E-state index contributed by atoms with van der Waals surface area (Å²) < 4.78 is 61.7. The molecule has 1 heterocycles. The smallest absolute Gasteiger partial charge is 0.489 e. The molecule has 0 unspecified atom stereocenters.